The van der Waals surface area contributed by atoms with Crippen LogP contribution in [-0.4, -0.2) is 30.3 Å². The number of hydrogen-bond acceptors (Lipinski definition) is 6. The average molecular weight is 371 g/mol. The van der Waals surface area contributed by atoms with Gasteiger partial charge in [0.05, 0.1) is 11.1 Å². The van der Waals surface area contributed by atoms with Gasteiger partial charge in [-0.1, -0.05) is 6.07 Å². The molecule has 1 N–H and O–H groups in total. The highest BCUT2D eigenvalue weighted by atomic mass is 16.6. The Bertz CT molecular complexity index is 864. The maximum atomic E-state index is 10.9. The molecule has 0 spiro atoms. The second-order valence-electron chi connectivity index (χ2n) is 5.85. The molecule has 0 unspecified atom stereocenters. The normalized spacial score (nSPS) is 10.6. The van der Waals surface area contributed by atoms with Gasteiger partial charge in [0.15, 0.2) is 0 Å². The molecule has 8 heteroatoms. The van der Waals surface area contributed by atoms with E-state index in [-0.39, 0.29) is 18.2 Å². The van der Waals surface area contributed by atoms with E-state index in [0.29, 0.717) is 17.9 Å². The Labute approximate surface area is 157 Å². The summed E-state index contributed by atoms with van der Waals surface area (Å²) in [5.41, 5.74) is 4.86. The number of aryl methyl sites for hydroxylation is 2. The number of carbonyl (C=O) groups excluding carboxylic acids is 1. The molecule has 0 fully saturated rings. The lowest BCUT2D eigenvalue weighted by Gasteiger charge is -2.11. The van der Waals surface area contributed by atoms with Crippen LogP contribution >= 0.6 is 0 Å². The molecule has 2 rings (SSSR count). The van der Waals surface area contributed by atoms with E-state index in [1.165, 1.54) is 36.9 Å². The molecule has 27 heavy (non-hydrogen) atoms. The van der Waals surface area contributed by atoms with Crippen molar-refractivity contribution in [2.75, 3.05) is 13.2 Å². The van der Waals surface area contributed by atoms with Crippen LogP contribution in [0.1, 0.15) is 23.6 Å². The summed E-state index contributed by atoms with van der Waals surface area (Å²) in [5, 5.41) is 14.7. The van der Waals surface area contributed by atoms with Gasteiger partial charge in [0, 0.05) is 24.6 Å². The van der Waals surface area contributed by atoms with Gasteiger partial charge < -0.3 is 9.47 Å². The van der Waals surface area contributed by atoms with Crippen LogP contribution in [0.4, 0.5) is 5.69 Å². The van der Waals surface area contributed by atoms with Crippen molar-refractivity contribution in [3.05, 3.63) is 63.2 Å². The molecular formula is C19H21N3O5. The zero-order chi connectivity index (χ0) is 19.8. The molecule has 8 nitrogen and oxygen atoms in total. The number of carbonyl (C=O) groups is 1. The molecule has 2 aromatic carbocycles. The zero-order valence-corrected chi connectivity index (χ0v) is 15.4. The molecular weight excluding hydrogens is 350 g/mol. The fourth-order valence-electron chi connectivity index (χ4n) is 2.19. The van der Waals surface area contributed by atoms with E-state index < -0.39 is 4.92 Å². The first-order valence-electron chi connectivity index (χ1n) is 8.28. The lowest BCUT2D eigenvalue weighted by atomic mass is 10.1. The van der Waals surface area contributed by atoms with E-state index in [1.54, 1.807) is 0 Å². The lowest BCUT2D eigenvalue weighted by molar-refractivity contribution is -0.384. The number of hydrazone groups is 1. The fraction of sp³-hybridized carbons (Fsp3) is 0.263. The molecule has 0 bridgehead atoms. The van der Waals surface area contributed by atoms with Crippen LogP contribution in [0, 0.1) is 24.0 Å². The number of hydrogen-bond donors (Lipinski definition) is 1. The second kappa shape index (κ2) is 9.33. The van der Waals surface area contributed by atoms with Crippen molar-refractivity contribution in [3.63, 3.8) is 0 Å². The summed E-state index contributed by atoms with van der Waals surface area (Å²) in [6.45, 7) is 5.90. The van der Waals surface area contributed by atoms with Crippen molar-refractivity contribution in [1.29, 1.82) is 0 Å². The Hall–Kier alpha value is -3.42. The average Bonchev–Trinajstić information content (AvgIpc) is 2.62. The first-order valence-corrected chi connectivity index (χ1v) is 8.28. The van der Waals surface area contributed by atoms with Gasteiger partial charge in [0.2, 0.25) is 5.91 Å². The van der Waals surface area contributed by atoms with Crippen LogP contribution < -0.4 is 14.9 Å². The minimum absolute atomic E-state index is 0.0991. The molecule has 0 heterocycles. The van der Waals surface area contributed by atoms with Crippen LogP contribution in [-0.2, 0) is 4.79 Å². The van der Waals surface area contributed by atoms with Gasteiger partial charge in [-0.05, 0) is 43.2 Å². The summed E-state index contributed by atoms with van der Waals surface area (Å²) in [4.78, 5) is 21.3. The van der Waals surface area contributed by atoms with Crippen LogP contribution in [0.15, 0.2) is 41.5 Å². The molecule has 1 amide bonds. The van der Waals surface area contributed by atoms with E-state index in [0.717, 1.165) is 11.3 Å². The van der Waals surface area contributed by atoms with Crippen LogP contribution in [0.2, 0.25) is 0 Å². The minimum Gasteiger partial charge on any atom is -0.490 e. The predicted molar refractivity (Wildman–Crippen MR) is 101 cm³/mol. The summed E-state index contributed by atoms with van der Waals surface area (Å²) >= 11 is 0. The topological polar surface area (TPSA) is 103 Å². The van der Waals surface area contributed by atoms with Gasteiger partial charge in [-0.25, -0.2) is 5.43 Å². The van der Waals surface area contributed by atoms with Gasteiger partial charge in [-0.2, -0.15) is 5.10 Å². The molecule has 0 aliphatic rings. The van der Waals surface area contributed by atoms with Gasteiger partial charge in [0.25, 0.3) is 5.69 Å². The molecule has 2 aromatic rings. The number of nitro benzene ring substituents is 1. The zero-order valence-electron chi connectivity index (χ0n) is 15.4. The lowest BCUT2D eigenvalue weighted by Crippen LogP contribution is -2.13. The summed E-state index contributed by atoms with van der Waals surface area (Å²) < 4.78 is 11.3. The van der Waals surface area contributed by atoms with Crippen LogP contribution in [0.25, 0.3) is 0 Å². The second-order valence-corrected chi connectivity index (χ2v) is 5.85. The van der Waals surface area contributed by atoms with Crippen LogP contribution in [0.5, 0.6) is 11.5 Å². The first-order chi connectivity index (χ1) is 12.9. The molecule has 0 saturated heterocycles. The molecule has 142 valence electrons. The minimum atomic E-state index is -0.512. The molecule has 0 aromatic heterocycles. The van der Waals surface area contributed by atoms with E-state index in [4.69, 9.17) is 9.47 Å². The molecule has 0 saturated carbocycles. The van der Waals surface area contributed by atoms with Crippen LogP contribution in [0.3, 0.4) is 0 Å². The first kappa shape index (κ1) is 19.9. The number of nitrogens with zero attached hydrogens (tertiary/aromatic N) is 2. The Balaban J connectivity index is 2.01. The summed E-state index contributed by atoms with van der Waals surface area (Å²) in [6, 6.07) is 9.98. The molecule has 0 atom stereocenters. The number of benzene rings is 2. The van der Waals surface area contributed by atoms with E-state index >= 15 is 0 Å². The monoisotopic (exact) mass is 371 g/mol. The fourth-order valence-corrected chi connectivity index (χ4v) is 2.19. The predicted octanol–water partition coefficient (Wildman–Crippen LogP) is 3.14. The van der Waals surface area contributed by atoms with Gasteiger partial charge >= 0.3 is 0 Å². The Morgan fingerprint density at radius 2 is 1.89 bits per heavy atom. The van der Waals surface area contributed by atoms with Crippen molar-refractivity contribution in [2.45, 2.75) is 20.8 Å². The Morgan fingerprint density at radius 1 is 1.15 bits per heavy atom. The smallest absolute Gasteiger partial charge is 0.270 e. The number of rotatable bonds is 8. The highest BCUT2D eigenvalue weighted by Gasteiger charge is 2.11. The van der Waals surface area contributed by atoms with Crippen molar-refractivity contribution in [1.82, 2.24) is 5.43 Å². The third kappa shape index (κ3) is 6.10. The Kier molecular flexibility index (Phi) is 6.87. The summed E-state index contributed by atoms with van der Waals surface area (Å²) in [5.74, 6) is 0.803. The molecule has 0 radical (unpaired) electrons. The highest BCUT2D eigenvalue weighted by molar-refractivity contribution is 5.85. The third-order valence-corrected chi connectivity index (χ3v) is 3.72. The van der Waals surface area contributed by atoms with Crippen molar-refractivity contribution < 1.29 is 19.2 Å². The number of non-ortho nitro benzene ring substituents is 1. The standard InChI is InChI=1S/C19H21N3O5/c1-13-4-6-18(10-14(13)2)26-8-9-27-19-7-5-17(22(24)25)11-16(19)12-20-21-15(3)23/h4-7,10-12H,8-9H2,1-3H3,(H,21,23). The largest absolute Gasteiger partial charge is 0.490 e. The van der Waals surface area contributed by atoms with E-state index in [9.17, 15) is 14.9 Å². The molecule has 0 aliphatic carbocycles. The number of nitro groups is 1. The maximum Gasteiger partial charge on any atom is 0.270 e. The van der Waals surface area contributed by atoms with Gasteiger partial charge in [-0.3, -0.25) is 14.9 Å². The number of ether oxygens (including phenoxy) is 2. The maximum absolute atomic E-state index is 10.9. The van der Waals surface area contributed by atoms with E-state index in [2.05, 4.69) is 10.5 Å². The molecule has 0 aliphatic heterocycles. The van der Waals surface area contributed by atoms with Crippen molar-refractivity contribution >= 4 is 17.8 Å². The van der Waals surface area contributed by atoms with Gasteiger partial charge in [0.1, 0.15) is 24.7 Å². The SMILES string of the molecule is CC(=O)NN=Cc1cc([N+](=O)[O-])ccc1OCCOc1ccc(C)c(C)c1. The number of nitrogens with one attached hydrogen (secondary N) is 1. The third-order valence-electron chi connectivity index (χ3n) is 3.72. The quantitative estimate of drug-likeness (QED) is 0.332. The summed E-state index contributed by atoms with van der Waals surface area (Å²) in [7, 11) is 0. The van der Waals surface area contributed by atoms with Crippen molar-refractivity contribution in [3.8, 4) is 11.5 Å². The number of amides is 1. The summed E-state index contributed by atoms with van der Waals surface area (Å²) in [6.07, 6.45) is 1.30. The van der Waals surface area contributed by atoms with Gasteiger partial charge in [-0.15, -0.1) is 0 Å². The Morgan fingerprint density at radius 3 is 2.56 bits per heavy atom. The van der Waals surface area contributed by atoms with Crippen molar-refractivity contribution in [2.24, 2.45) is 5.10 Å². The highest BCUT2D eigenvalue weighted by Crippen LogP contribution is 2.23. The van der Waals surface area contributed by atoms with E-state index in [1.807, 2.05) is 32.0 Å².